The highest BCUT2D eigenvalue weighted by atomic mass is 16.5. The molecular formula is C14H22N2O3. The molecule has 0 saturated heterocycles. The highest BCUT2D eigenvalue weighted by molar-refractivity contribution is 5.90. The molecule has 0 aliphatic carbocycles. The molecule has 0 unspecified atom stereocenters. The first-order chi connectivity index (χ1) is 8.70. The van der Waals surface area contributed by atoms with Gasteiger partial charge in [-0.15, -0.1) is 0 Å². The highest BCUT2D eigenvalue weighted by Gasteiger charge is 2.12. The summed E-state index contributed by atoms with van der Waals surface area (Å²) in [5.74, 6) is -0.975. The number of aromatic carboxylic acids is 1. The van der Waals surface area contributed by atoms with Crippen LogP contribution in [0.4, 0.5) is 11.4 Å². The molecule has 5 nitrogen and oxygen atoms in total. The van der Waals surface area contributed by atoms with Crippen molar-refractivity contribution < 1.29 is 14.6 Å². The lowest BCUT2D eigenvalue weighted by molar-refractivity contribution is 0.00168. The van der Waals surface area contributed by atoms with E-state index in [4.69, 9.17) is 15.6 Å². The molecule has 19 heavy (non-hydrogen) atoms. The van der Waals surface area contributed by atoms with Gasteiger partial charge >= 0.3 is 5.97 Å². The topological polar surface area (TPSA) is 75.8 Å². The van der Waals surface area contributed by atoms with Crippen LogP contribution >= 0.6 is 0 Å². The Morgan fingerprint density at radius 1 is 1.42 bits per heavy atom. The van der Waals surface area contributed by atoms with Gasteiger partial charge in [0.15, 0.2) is 0 Å². The molecule has 0 saturated carbocycles. The van der Waals surface area contributed by atoms with Crippen molar-refractivity contribution in [3.63, 3.8) is 0 Å². The number of carboxylic acid groups (broad SMARTS) is 1. The zero-order valence-electron chi connectivity index (χ0n) is 11.9. The third-order valence-electron chi connectivity index (χ3n) is 2.65. The number of benzene rings is 1. The summed E-state index contributed by atoms with van der Waals surface area (Å²) in [6.45, 7) is 7.28. The van der Waals surface area contributed by atoms with Crippen molar-refractivity contribution in [3.8, 4) is 0 Å². The van der Waals surface area contributed by atoms with Crippen molar-refractivity contribution in [2.45, 2.75) is 26.4 Å². The molecule has 5 heteroatoms. The Kier molecular flexibility index (Phi) is 4.78. The zero-order valence-corrected chi connectivity index (χ0v) is 11.9. The summed E-state index contributed by atoms with van der Waals surface area (Å²) < 4.78 is 5.65. The molecule has 0 aromatic heterocycles. The molecule has 1 aromatic rings. The number of hydrogen-bond acceptors (Lipinski definition) is 4. The third kappa shape index (κ3) is 4.79. The smallest absolute Gasteiger partial charge is 0.335 e. The van der Waals surface area contributed by atoms with Crippen LogP contribution in [0.5, 0.6) is 0 Å². The number of hydrogen-bond donors (Lipinski definition) is 2. The van der Waals surface area contributed by atoms with Crippen LogP contribution in [-0.4, -0.2) is 36.9 Å². The van der Waals surface area contributed by atoms with Crippen molar-refractivity contribution in [3.05, 3.63) is 23.8 Å². The number of nitrogen functional groups attached to an aromatic ring is 1. The second kappa shape index (κ2) is 5.93. The van der Waals surface area contributed by atoms with Gasteiger partial charge in [-0.1, -0.05) is 0 Å². The van der Waals surface area contributed by atoms with Gasteiger partial charge in [-0.25, -0.2) is 4.79 Å². The summed E-state index contributed by atoms with van der Waals surface area (Å²) >= 11 is 0. The van der Waals surface area contributed by atoms with Crippen LogP contribution < -0.4 is 10.6 Å². The Labute approximate surface area is 114 Å². The van der Waals surface area contributed by atoms with Crippen molar-refractivity contribution in [1.82, 2.24) is 0 Å². The predicted octanol–water partition coefficient (Wildman–Crippen LogP) is 2.22. The number of nitrogens with zero attached hydrogens (tertiary/aromatic N) is 1. The highest BCUT2D eigenvalue weighted by Crippen LogP contribution is 2.23. The van der Waals surface area contributed by atoms with Crippen molar-refractivity contribution in [2.75, 3.05) is 30.8 Å². The molecule has 0 radical (unpaired) electrons. The lowest BCUT2D eigenvalue weighted by Crippen LogP contribution is -2.28. The molecule has 106 valence electrons. The average Bonchev–Trinajstić information content (AvgIpc) is 2.26. The second-order valence-corrected chi connectivity index (χ2v) is 5.46. The first-order valence-corrected chi connectivity index (χ1v) is 6.18. The number of carboxylic acids is 1. The van der Waals surface area contributed by atoms with Gasteiger partial charge in [-0.3, -0.25) is 0 Å². The third-order valence-corrected chi connectivity index (χ3v) is 2.65. The van der Waals surface area contributed by atoms with Gasteiger partial charge in [0.05, 0.1) is 29.1 Å². The summed E-state index contributed by atoms with van der Waals surface area (Å²) in [6.07, 6.45) is 0. The van der Waals surface area contributed by atoms with Crippen LogP contribution in [0.2, 0.25) is 0 Å². The second-order valence-electron chi connectivity index (χ2n) is 5.46. The normalized spacial score (nSPS) is 11.4. The molecule has 0 fully saturated rings. The van der Waals surface area contributed by atoms with Crippen LogP contribution in [-0.2, 0) is 4.74 Å². The maximum Gasteiger partial charge on any atom is 0.335 e. The monoisotopic (exact) mass is 266 g/mol. The minimum Gasteiger partial charge on any atom is -0.478 e. The van der Waals surface area contributed by atoms with E-state index in [-0.39, 0.29) is 11.2 Å². The average molecular weight is 266 g/mol. The van der Waals surface area contributed by atoms with E-state index < -0.39 is 5.97 Å². The lowest BCUT2D eigenvalue weighted by atomic mass is 10.1. The van der Waals surface area contributed by atoms with Gasteiger partial charge in [-0.2, -0.15) is 0 Å². The maximum absolute atomic E-state index is 10.8. The van der Waals surface area contributed by atoms with Crippen LogP contribution in [0, 0.1) is 0 Å². The van der Waals surface area contributed by atoms with Crippen molar-refractivity contribution >= 4 is 17.3 Å². The lowest BCUT2D eigenvalue weighted by Gasteiger charge is -2.25. The molecule has 0 aliphatic heterocycles. The van der Waals surface area contributed by atoms with E-state index in [0.717, 1.165) is 5.69 Å². The molecule has 0 amide bonds. The Bertz CT molecular complexity index is 452. The number of nitrogens with two attached hydrogens (primary N) is 1. The quantitative estimate of drug-likeness (QED) is 0.799. The van der Waals surface area contributed by atoms with Gasteiger partial charge < -0.3 is 20.5 Å². The SMILES string of the molecule is CN(CCOC(C)(C)C)c1ccc(C(=O)O)cc1N. The minimum atomic E-state index is -0.975. The van der Waals surface area contributed by atoms with E-state index in [9.17, 15) is 4.79 Å². The van der Waals surface area contributed by atoms with E-state index in [1.54, 1.807) is 12.1 Å². The van der Waals surface area contributed by atoms with E-state index in [1.807, 2.05) is 32.7 Å². The molecule has 0 atom stereocenters. The number of rotatable bonds is 5. The Hall–Kier alpha value is -1.75. The van der Waals surface area contributed by atoms with Crippen LogP contribution in [0.1, 0.15) is 31.1 Å². The van der Waals surface area contributed by atoms with E-state index in [2.05, 4.69) is 0 Å². The molecule has 0 spiro atoms. The molecule has 1 rings (SSSR count). The van der Waals surface area contributed by atoms with Gasteiger partial charge in [0.2, 0.25) is 0 Å². The van der Waals surface area contributed by atoms with Gasteiger partial charge in [0.25, 0.3) is 0 Å². The molecule has 0 bridgehead atoms. The fourth-order valence-electron chi connectivity index (χ4n) is 1.64. The Morgan fingerprint density at radius 2 is 2.05 bits per heavy atom. The summed E-state index contributed by atoms with van der Waals surface area (Å²) in [4.78, 5) is 12.8. The summed E-state index contributed by atoms with van der Waals surface area (Å²) in [6, 6.07) is 4.74. The summed E-state index contributed by atoms with van der Waals surface area (Å²) in [5.41, 5.74) is 7.16. The number of likely N-dealkylation sites (N-methyl/N-ethyl adjacent to an activating group) is 1. The van der Waals surface area contributed by atoms with Crippen LogP contribution in [0.3, 0.4) is 0 Å². The number of ether oxygens (including phenoxy) is 1. The molecule has 1 aromatic carbocycles. The fraction of sp³-hybridized carbons (Fsp3) is 0.500. The van der Waals surface area contributed by atoms with Gasteiger partial charge in [0.1, 0.15) is 0 Å². The van der Waals surface area contributed by atoms with E-state index in [0.29, 0.717) is 18.8 Å². The fourth-order valence-corrected chi connectivity index (χ4v) is 1.64. The van der Waals surface area contributed by atoms with E-state index >= 15 is 0 Å². The van der Waals surface area contributed by atoms with Gasteiger partial charge in [-0.05, 0) is 39.0 Å². The Morgan fingerprint density at radius 3 is 2.53 bits per heavy atom. The molecule has 3 N–H and O–H groups in total. The molecular weight excluding hydrogens is 244 g/mol. The largest absolute Gasteiger partial charge is 0.478 e. The molecule has 0 heterocycles. The first kappa shape index (κ1) is 15.3. The Balaban J connectivity index is 2.67. The van der Waals surface area contributed by atoms with Gasteiger partial charge in [0, 0.05) is 13.6 Å². The van der Waals surface area contributed by atoms with Crippen molar-refractivity contribution in [1.29, 1.82) is 0 Å². The molecule has 0 aliphatic rings. The van der Waals surface area contributed by atoms with Crippen LogP contribution in [0.25, 0.3) is 0 Å². The number of anilines is 2. The van der Waals surface area contributed by atoms with E-state index in [1.165, 1.54) is 6.07 Å². The maximum atomic E-state index is 10.8. The predicted molar refractivity (Wildman–Crippen MR) is 76.8 cm³/mol. The first-order valence-electron chi connectivity index (χ1n) is 6.18. The standard InChI is InChI=1S/C14H22N2O3/c1-14(2,3)19-8-7-16(4)12-6-5-10(13(17)18)9-11(12)15/h5-6,9H,7-8,15H2,1-4H3,(H,17,18). The summed E-state index contributed by atoms with van der Waals surface area (Å²) in [5, 5.41) is 8.88. The summed E-state index contributed by atoms with van der Waals surface area (Å²) in [7, 11) is 1.90. The zero-order chi connectivity index (χ0) is 14.6. The van der Waals surface area contributed by atoms with Crippen molar-refractivity contribution in [2.24, 2.45) is 0 Å². The minimum absolute atomic E-state index is 0.167. The van der Waals surface area contributed by atoms with Crippen LogP contribution in [0.15, 0.2) is 18.2 Å². The number of carbonyl (C=O) groups is 1.